The van der Waals surface area contributed by atoms with Crippen molar-refractivity contribution < 1.29 is 4.39 Å². The SMILES string of the molecule is CC(C)CCn1c(=O)c2c(ncn2CC2CC2)n(-c2cccc(F)c2)c1=O. The van der Waals surface area contributed by atoms with Crippen molar-refractivity contribution in [1.29, 1.82) is 0 Å². The van der Waals surface area contributed by atoms with Gasteiger partial charge in [0, 0.05) is 13.1 Å². The lowest BCUT2D eigenvalue weighted by molar-refractivity contribution is 0.491. The number of aromatic nitrogens is 4. The highest BCUT2D eigenvalue weighted by Gasteiger charge is 2.25. The van der Waals surface area contributed by atoms with Gasteiger partial charge in [0.05, 0.1) is 12.0 Å². The monoisotopic (exact) mass is 370 g/mol. The zero-order valence-corrected chi connectivity index (χ0v) is 15.6. The molecule has 1 aliphatic rings. The molecule has 0 saturated heterocycles. The second kappa shape index (κ2) is 6.79. The third-order valence-electron chi connectivity index (χ3n) is 5.05. The van der Waals surface area contributed by atoms with Crippen LogP contribution in [0, 0.1) is 17.7 Å². The van der Waals surface area contributed by atoms with Gasteiger partial charge in [-0.15, -0.1) is 0 Å². The van der Waals surface area contributed by atoms with Crippen LogP contribution in [0.5, 0.6) is 0 Å². The van der Waals surface area contributed by atoms with E-state index in [0.29, 0.717) is 36.0 Å². The van der Waals surface area contributed by atoms with Crippen LogP contribution >= 0.6 is 0 Å². The molecule has 142 valence electrons. The van der Waals surface area contributed by atoms with Crippen LogP contribution in [0.4, 0.5) is 4.39 Å². The fraction of sp³-hybridized carbons (Fsp3) is 0.450. The minimum absolute atomic E-state index is 0.289. The van der Waals surface area contributed by atoms with Gasteiger partial charge in [-0.05, 0) is 49.3 Å². The minimum Gasteiger partial charge on any atom is -0.324 e. The third-order valence-corrected chi connectivity index (χ3v) is 5.05. The molecule has 0 amide bonds. The van der Waals surface area contributed by atoms with Gasteiger partial charge in [-0.3, -0.25) is 9.36 Å². The van der Waals surface area contributed by atoms with Crippen LogP contribution in [0.1, 0.15) is 33.1 Å². The largest absolute Gasteiger partial charge is 0.337 e. The van der Waals surface area contributed by atoms with Crippen molar-refractivity contribution in [2.45, 2.75) is 46.2 Å². The summed E-state index contributed by atoms with van der Waals surface area (Å²) in [6, 6.07) is 5.82. The Morgan fingerprint density at radius 3 is 2.70 bits per heavy atom. The second-order valence-electron chi connectivity index (χ2n) is 7.75. The van der Waals surface area contributed by atoms with Crippen molar-refractivity contribution in [2.75, 3.05) is 0 Å². The molecule has 0 N–H and O–H groups in total. The fourth-order valence-corrected chi connectivity index (χ4v) is 3.33. The number of hydrogen-bond donors (Lipinski definition) is 0. The first kappa shape index (κ1) is 17.7. The van der Waals surface area contributed by atoms with Crippen LogP contribution in [-0.4, -0.2) is 18.7 Å². The van der Waals surface area contributed by atoms with Crippen LogP contribution in [0.2, 0.25) is 0 Å². The maximum atomic E-state index is 13.8. The molecular weight excluding hydrogens is 347 g/mol. The number of nitrogens with zero attached hydrogens (tertiary/aromatic N) is 4. The number of benzene rings is 1. The Morgan fingerprint density at radius 1 is 1.26 bits per heavy atom. The molecule has 0 bridgehead atoms. The molecule has 27 heavy (non-hydrogen) atoms. The molecule has 0 unspecified atom stereocenters. The lowest BCUT2D eigenvalue weighted by Crippen LogP contribution is -2.40. The summed E-state index contributed by atoms with van der Waals surface area (Å²) in [5, 5.41) is 0. The number of fused-ring (bicyclic) bond motifs is 1. The molecule has 0 spiro atoms. The van der Waals surface area contributed by atoms with Crippen molar-refractivity contribution >= 4 is 11.2 Å². The highest BCUT2D eigenvalue weighted by molar-refractivity contribution is 5.72. The number of hydrogen-bond acceptors (Lipinski definition) is 3. The van der Waals surface area contributed by atoms with Gasteiger partial charge < -0.3 is 4.57 Å². The molecule has 6 nitrogen and oxygen atoms in total. The molecule has 0 aliphatic heterocycles. The first-order valence-electron chi connectivity index (χ1n) is 9.42. The molecule has 0 atom stereocenters. The molecular formula is C20H23FN4O2. The van der Waals surface area contributed by atoms with Crippen LogP contribution in [0.3, 0.4) is 0 Å². The summed E-state index contributed by atoms with van der Waals surface area (Å²) in [6.07, 6.45) is 4.61. The maximum absolute atomic E-state index is 13.8. The van der Waals surface area contributed by atoms with Crippen molar-refractivity contribution in [1.82, 2.24) is 18.7 Å². The van der Waals surface area contributed by atoms with Crippen LogP contribution in [0.25, 0.3) is 16.9 Å². The molecule has 4 rings (SSSR count). The normalized spacial score (nSPS) is 14.4. The number of imidazole rings is 1. The Bertz CT molecular complexity index is 1110. The molecule has 7 heteroatoms. The Hall–Kier alpha value is -2.70. The average molecular weight is 370 g/mol. The summed E-state index contributed by atoms with van der Waals surface area (Å²) in [4.78, 5) is 30.6. The van der Waals surface area contributed by atoms with Crippen molar-refractivity contribution in [3.63, 3.8) is 0 Å². The molecule has 1 aliphatic carbocycles. The van der Waals surface area contributed by atoms with Crippen molar-refractivity contribution in [3.8, 4) is 5.69 Å². The average Bonchev–Trinajstić information content (AvgIpc) is 3.33. The van der Waals surface area contributed by atoms with E-state index in [9.17, 15) is 14.0 Å². The predicted octanol–water partition coefficient (Wildman–Crippen LogP) is 2.94. The van der Waals surface area contributed by atoms with Gasteiger partial charge in [-0.2, -0.15) is 0 Å². The topological polar surface area (TPSA) is 61.8 Å². The van der Waals surface area contributed by atoms with E-state index in [1.54, 1.807) is 18.5 Å². The van der Waals surface area contributed by atoms with Gasteiger partial charge in [0.15, 0.2) is 11.2 Å². The smallest absolute Gasteiger partial charge is 0.324 e. The number of rotatable bonds is 6. The Balaban J connectivity index is 1.98. The highest BCUT2D eigenvalue weighted by Crippen LogP contribution is 2.31. The van der Waals surface area contributed by atoms with E-state index < -0.39 is 11.5 Å². The second-order valence-corrected chi connectivity index (χ2v) is 7.75. The van der Waals surface area contributed by atoms with Crippen LogP contribution < -0.4 is 11.2 Å². The van der Waals surface area contributed by atoms with E-state index in [2.05, 4.69) is 4.98 Å². The van der Waals surface area contributed by atoms with Crippen molar-refractivity contribution in [2.24, 2.45) is 11.8 Å². The van der Waals surface area contributed by atoms with E-state index >= 15 is 0 Å². The quantitative estimate of drug-likeness (QED) is 0.670. The predicted molar refractivity (Wildman–Crippen MR) is 102 cm³/mol. The van der Waals surface area contributed by atoms with Gasteiger partial charge in [0.25, 0.3) is 5.56 Å². The van der Waals surface area contributed by atoms with Gasteiger partial charge >= 0.3 is 5.69 Å². The third kappa shape index (κ3) is 3.34. The van der Waals surface area contributed by atoms with Crippen molar-refractivity contribution in [3.05, 3.63) is 57.2 Å². The minimum atomic E-state index is -0.476. The molecule has 0 radical (unpaired) electrons. The molecule has 2 aromatic heterocycles. The zero-order valence-electron chi connectivity index (χ0n) is 15.6. The molecule has 2 heterocycles. The van der Waals surface area contributed by atoms with Crippen LogP contribution in [-0.2, 0) is 13.1 Å². The first-order valence-corrected chi connectivity index (χ1v) is 9.42. The molecule has 1 aromatic carbocycles. The maximum Gasteiger partial charge on any atom is 0.337 e. The molecule has 1 saturated carbocycles. The fourth-order valence-electron chi connectivity index (χ4n) is 3.33. The van der Waals surface area contributed by atoms with Crippen LogP contribution in [0.15, 0.2) is 40.2 Å². The molecule has 1 fully saturated rings. The summed E-state index contributed by atoms with van der Waals surface area (Å²) >= 11 is 0. The summed E-state index contributed by atoms with van der Waals surface area (Å²) in [5.41, 5.74) is 0.281. The Morgan fingerprint density at radius 2 is 2.04 bits per heavy atom. The highest BCUT2D eigenvalue weighted by atomic mass is 19.1. The standard InChI is InChI=1S/C20H23FN4O2/c1-13(2)8-9-24-19(26)17-18(22-12-23(17)11-14-6-7-14)25(20(24)27)16-5-3-4-15(21)10-16/h3-5,10,12-14H,6-9,11H2,1-2H3. The Labute approximate surface area is 155 Å². The van der Waals surface area contributed by atoms with E-state index in [4.69, 9.17) is 0 Å². The van der Waals surface area contributed by atoms with Gasteiger partial charge in [-0.25, -0.2) is 18.7 Å². The first-order chi connectivity index (χ1) is 13.0. The summed E-state index contributed by atoms with van der Waals surface area (Å²) < 4.78 is 18.3. The van der Waals surface area contributed by atoms with Gasteiger partial charge in [0.2, 0.25) is 0 Å². The van der Waals surface area contributed by atoms with E-state index in [-0.39, 0.29) is 11.2 Å². The van der Waals surface area contributed by atoms with E-state index in [1.807, 2.05) is 18.4 Å². The Kier molecular flexibility index (Phi) is 4.45. The lowest BCUT2D eigenvalue weighted by atomic mass is 10.1. The molecule has 3 aromatic rings. The summed E-state index contributed by atoms with van der Waals surface area (Å²) in [7, 11) is 0. The zero-order chi connectivity index (χ0) is 19.1. The number of halogens is 1. The van der Waals surface area contributed by atoms with E-state index in [0.717, 1.165) is 19.4 Å². The lowest BCUT2D eigenvalue weighted by Gasteiger charge is -2.13. The van der Waals surface area contributed by atoms with Gasteiger partial charge in [0.1, 0.15) is 5.82 Å². The van der Waals surface area contributed by atoms with Gasteiger partial charge in [-0.1, -0.05) is 19.9 Å². The summed E-state index contributed by atoms with van der Waals surface area (Å²) in [6.45, 7) is 5.14. The summed E-state index contributed by atoms with van der Waals surface area (Å²) in [5.74, 6) is 0.469. The van der Waals surface area contributed by atoms with E-state index in [1.165, 1.54) is 21.3 Å².